The molecule has 1 rings (SSSR count). The topological polar surface area (TPSA) is 66.4 Å². The number of hydrogen-bond acceptors (Lipinski definition) is 2. The van der Waals surface area contributed by atoms with Gasteiger partial charge in [-0.3, -0.25) is 9.59 Å². The van der Waals surface area contributed by atoms with Gasteiger partial charge in [0.15, 0.2) is 0 Å². The molecule has 1 unspecified atom stereocenters. The van der Waals surface area contributed by atoms with E-state index in [0.29, 0.717) is 12.0 Å². The van der Waals surface area contributed by atoms with Crippen LogP contribution in [0.5, 0.6) is 0 Å². The van der Waals surface area contributed by atoms with Crippen LogP contribution in [0.25, 0.3) is 0 Å². The van der Waals surface area contributed by atoms with Gasteiger partial charge in [0, 0.05) is 11.6 Å². The van der Waals surface area contributed by atoms with Crippen molar-refractivity contribution < 1.29 is 14.7 Å². The standard InChI is InChI=1S/C14H19NO3/c1-3-10-5-7-11(8-6-10)14(18)15-12(4-2)9-13(16)17/h5-8,12H,3-4,9H2,1-2H3,(H,15,18)(H,16,17). The molecule has 4 heteroatoms. The zero-order chi connectivity index (χ0) is 13.5. The van der Waals surface area contributed by atoms with Crippen LogP contribution in [0.2, 0.25) is 0 Å². The lowest BCUT2D eigenvalue weighted by atomic mass is 10.1. The number of nitrogens with one attached hydrogen (secondary N) is 1. The van der Waals surface area contributed by atoms with E-state index in [2.05, 4.69) is 12.2 Å². The van der Waals surface area contributed by atoms with Crippen molar-refractivity contribution in [2.45, 2.75) is 39.2 Å². The number of aryl methyl sites for hydroxylation is 1. The second-order valence-electron chi connectivity index (χ2n) is 4.23. The molecule has 0 aliphatic rings. The summed E-state index contributed by atoms with van der Waals surface area (Å²) in [6.07, 6.45) is 1.48. The summed E-state index contributed by atoms with van der Waals surface area (Å²) in [6, 6.07) is 7.03. The predicted octanol–water partition coefficient (Wildman–Crippen LogP) is 2.23. The van der Waals surface area contributed by atoms with Crippen molar-refractivity contribution in [2.75, 3.05) is 0 Å². The van der Waals surface area contributed by atoms with E-state index >= 15 is 0 Å². The molecule has 0 saturated heterocycles. The Hall–Kier alpha value is -1.84. The van der Waals surface area contributed by atoms with Gasteiger partial charge in [-0.15, -0.1) is 0 Å². The zero-order valence-electron chi connectivity index (χ0n) is 10.8. The summed E-state index contributed by atoms with van der Waals surface area (Å²) in [5.41, 5.74) is 1.74. The third kappa shape index (κ3) is 4.20. The highest BCUT2D eigenvalue weighted by molar-refractivity contribution is 5.94. The molecule has 0 saturated carbocycles. The summed E-state index contributed by atoms with van der Waals surface area (Å²) in [7, 11) is 0. The summed E-state index contributed by atoms with van der Waals surface area (Å²) in [5.74, 6) is -1.12. The number of hydrogen-bond donors (Lipinski definition) is 2. The van der Waals surface area contributed by atoms with Crippen molar-refractivity contribution in [3.63, 3.8) is 0 Å². The van der Waals surface area contributed by atoms with Gasteiger partial charge < -0.3 is 10.4 Å². The van der Waals surface area contributed by atoms with Crippen molar-refractivity contribution in [3.8, 4) is 0 Å². The highest BCUT2D eigenvalue weighted by Gasteiger charge is 2.14. The number of carboxylic acids is 1. The first-order valence-corrected chi connectivity index (χ1v) is 6.18. The SMILES string of the molecule is CCc1ccc(C(=O)NC(CC)CC(=O)O)cc1. The molecule has 2 N–H and O–H groups in total. The lowest BCUT2D eigenvalue weighted by Crippen LogP contribution is -2.36. The van der Waals surface area contributed by atoms with Gasteiger partial charge in [-0.05, 0) is 30.5 Å². The van der Waals surface area contributed by atoms with Gasteiger partial charge in [0.25, 0.3) is 5.91 Å². The van der Waals surface area contributed by atoms with Crippen LogP contribution in [0.3, 0.4) is 0 Å². The number of amides is 1. The minimum atomic E-state index is -0.900. The van der Waals surface area contributed by atoms with E-state index in [9.17, 15) is 9.59 Å². The van der Waals surface area contributed by atoms with Crippen LogP contribution in [0, 0.1) is 0 Å². The maximum absolute atomic E-state index is 11.9. The van der Waals surface area contributed by atoms with E-state index in [1.807, 2.05) is 19.1 Å². The zero-order valence-corrected chi connectivity index (χ0v) is 10.8. The van der Waals surface area contributed by atoms with E-state index in [4.69, 9.17) is 5.11 Å². The Morgan fingerprint density at radius 1 is 1.22 bits per heavy atom. The summed E-state index contributed by atoms with van der Waals surface area (Å²) in [6.45, 7) is 3.91. The third-order valence-electron chi connectivity index (χ3n) is 2.87. The second-order valence-corrected chi connectivity index (χ2v) is 4.23. The van der Waals surface area contributed by atoms with Gasteiger partial charge in [-0.25, -0.2) is 0 Å². The average Bonchev–Trinajstić information content (AvgIpc) is 2.37. The van der Waals surface area contributed by atoms with Crippen molar-refractivity contribution in [2.24, 2.45) is 0 Å². The monoisotopic (exact) mass is 249 g/mol. The van der Waals surface area contributed by atoms with E-state index < -0.39 is 5.97 Å². The molecule has 0 spiro atoms. The highest BCUT2D eigenvalue weighted by Crippen LogP contribution is 2.06. The van der Waals surface area contributed by atoms with Gasteiger partial charge >= 0.3 is 5.97 Å². The molecule has 1 aromatic carbocycles. The van der Waals surface area contributed by atoms with Gasteiger partial charge in [0.2, 0.25) is 0 Å². The number of carbonyl (C=O) groups is 2. The fourth-order valence-electron chi connectivity index (χ4n) is 1.67. The van der Waals surface area contributed by atoms with Crippen LogP contribution in [0.4, 0.5) is 0 Å². The Kier molecular flexibility index (Phi) is 5.36. The lowest BCUT2D eigenvalue weighted by Gasteiger charge is -2.14. The minimum Gasteiger partial charge on any atom is -0.481 e. The van der Waals surface area contributed by atoms with Crippen LogP contribution in [0.1, 0.15) is 42.6 Å². The maximum Gasteiger partial charge on any atom is 0.305 e. The van der Waals surface area contributed by atoms with Gasteiger partial charge in [-0.2, -0.15) is 0 Å². The van der Waals surface area contributed by atoms with Crippen LogP contribution in [-0.2, 0) is 11.2 Å². The fraction of sp³-hybridized carbons (Fsp3) is 0.429. The van der Waals surface area contributed by atoms with Gasteiger partial charge in [0.05, 0.1) is 6.42 Å². The largest absolute Gasteiger partial charge is 0.481 e. The lowest BCUT2D eigenvalue weighted by molar-refractivity contribution is -0.137. The van der Waals surface area contributed by atoms with Crippen LogP contribution in [-0.4, -0.2) is 23.0 Å². The smallest absolute Gasteiger partial charge is 0.305 e. The number of carboxylic acid groups (broad SMARTS) is 1. The van der Waals surface area contributed by atoms with Crippen molar-refractivity contribution in [1.82, 2.24) is 5.32 Å². The molecule has 1 atom stereocenters. The number of benzene rings is 1. The maximum atomic E-state index is 11.9. The summed E-state index contributed by atoms with van der Waals surface area (Å²) >= 11 is 0. The first-order chi connectivity index (χ1) is 8.56. The Bertz CT molecular complexity index is 412. The first kappa shape index (κ1) is 14.2. The van der Waals surface area contributed by atoms with Crippen LogP contribution < -0.4 is 5.32 Å². The number of carbonyl (C=O) groups excluding carboxylic acids is 1. The summed E-state index contributed by atoms with van der Waals surface area (Å²) in [5, 5.41) is 11.4. The van der Waals surface area contributed by atoms with Crippen molar-refractivity contribution in [1.29, 1.82) is 0 Å². The molecule has 0 aliphatic heterocycles. The molecule has 18 heavy (non-hydrogen) atoms. The third-order valence-corrected chi connectivity index (χ3v) is 2.87. The number of aliphatic carboxylic acids is 1. The Morgan fingerprint density at radius 3 is 2.28 bits per heavy atom. The molecule has 0 radical (unpaired) electrons. The fourth-order valence-corrected chi connectivity index (χ4v) is 1.67. The second kappa shape index (κ2) is 6.79. The molecule has 0 fully saturated rings. The van der Waals surface area contributed by atoms with Crippen molar-refractivity contribution >= 4 is 11.9 Å². The van der Waals surface area contributed by atoms with Crippen LogP contribution >= 0.6 is 0 Å². The van der Waals surface area contributed by atoms with E-state index in [1.54, 1.807) is 12.1 Å². The molecule has 0 aliphatic carbocycles. The molecule has 4 nitrogen and oxygen atoms in total. The van der Waals surface area contributed by atoms with E-state index in [0.717, 1.165) is 6.42 Å². The summed E-state index contributed by atoms with van der Waals surface area (Å²) in [4.78, 5) is 22.5. The molecular formula is C14H19NO3. The van der Waals surface area contributed by atoms with Gasteiger partial charge in [0.1, 0.15) is 0 Å². The molecular weight excluding hydrogens is 230 g/mol. The predicted molar refractivity (Wildman–Crippen MR) is 69.6 cm³/mol. The molecule has 0 aromatic heterocycles. The number of rotatable bonds is 6. The quantitative estimate of drug-likeness (QED) is 0.812. The highest BCUT2D eigenvalue weighted by atomic mass is 16.4. The van der Waals surface area contributed by atoms with Gasteiger partial charge in [-0.1, -0.05) is 26.0 Å². The molecule has 1 aromatic rings. The average molecular weight is 249 g/mol. The first-order valence-electron chi connectivity index (χ1n) is 6.18. The Labute approximate surface area is 107 Å². The molecule has 98 valence electrons. The van der Waals surface area contributed by atoms with E-state index in [1.165, 1.54) is 5.56 Å². The van der Waals surface area contributed by atoms with Crippen LogP contribution in [0.15, 0.2) is 24.3 Å². The Morgan fingerprint density at radius 2 is 1.83 bits per heavy atom. The summed E-state index contributed by atoms with van der Waals surface area (Å²) < 4.78 is 0. The molecule has 0 bridgehead atoms. The van der Waals surface area contributed by atoms with Crippen molar-refractivity contribution in [3.05, 3.63) is 35.4 Å². The molecule has 0 heterocycles. The van der Waals surface area contributed by atoms with E-state index in [-0.39, 0.29) is 18.4 Å². The Balaban J connectivity index is 2.65. The minimum absolute atomic E-state index is 0.0463. The molecule has 1 amide bonds. The normalized spacial score (nSPS) is 11.9.